The van der Waals surface area contributed by atoms with Crippen LogP contribution in [0.5, 0.6) is 0 Å². The number of halogens is 1. The van der Waals surface area contributed by atoms with Crippen LogP contribution in [-0.4, -0.2) is 12.0 Å². The third-order valence-electron chi connectivity index (χ3n) is 10.4. The van der Waals surface area contributed by atoms with Gasteiger partial charge >= 0.3 is 0 Å². The van der Waals surface area contributed by atoms with Crippen LogP contribution in [0.15, 0.2) is 12.7 Å². The Balaban J connectivity index is 1.59. The van der Waals surface area contributed by atoms with Crippen LogP contribution >= 0.6 is 11.6 Å². The van der Waals surface area contributed by atoms with Gasteiger partial charge in [-0.1, -0.05) is 72.1 Å². The Morgan fingerprint density at radius 3 is 1.56 bits per heavy atom. The molecule has 6 saturated carbocycles. The summed E-state index contributed by atoms with van der Waals surface area (Å²) in [5, 5.41) is 0.154. The van der Waals surface area contributed by atoms with Gasteiger partial charge in [-0.05, 0) is 59.2 Å². The first-order valence-corrected chi connectivity index (χ1v) is 11.3. The van der Waals surface area contributed by atoms with E-state index in [0.29, 0.717) is 17.5 Å². The van der Waals surface area contributed by atoms with Crippen molar-refractivity contribution in [1.82, 2.24) is 0 Å². The van der Waals surface area contributed by atoms with Crippen molar-refractivity contribution < 1.29 is 0 Å². The number of allylic oxidation sites excluding steroid dienone is 1. The van der Waals surface area contributed by atoms with Crippen molar-refractivity contribution in [2.75, 3.05) is 0 Å². The number of alkyl halides is 1. The van der Waals surface area contributed by atoms with Crippen LogP contribution in [0.4, 0.5) is 0 Å². The molecule has 6 aliphatic rings. The van der Waals surface area contributed by atoms with E-state index in [1.54, 1.807) is 0 Å². The highest BCUT2D eigenvalue weighted by atomic mass is 35.5. The Morgan fingerprint density at radius 2 is 1.28 bits per heavy atom. The van der Waals surface area contributed by atoms with Crippen LogP contribution < -0.4 is 0 Å². The molecule has 0 amide bonds. The van der Waals surface area contributed by atoms with Crippen molar-refractivity contribution in [3.8, 4) is 0 Å². The summed E-state index contributed by atoms with van der Waals surface area (Å²) in [6, 6.07) is 0. The fraction of sp³-hybridized carbons (Fsp3) is 0.913. The molecule has 9 atom stereocenters. The second-order valence-electron chi connectivity index (χ2n) is 11.5. The second-order valence-corrected chi connectivity index (χ2v) is 12.0. The third kappa shape index (κ3) is 2.39. The van der Waals surface area contributed by atoms with Gasteiger partial charge in [-0.2, -0.15) is 0 Å². The molecule has 6 aliphatic carbocycles. The zero-order valence-electron chi connectivity index (χ0n) is 17.3. The van der Waals surface area contributed by atoms with E-state index in [4.69, 9.17) is 11.6 Å². The van der Waals surface area contributed by atoms with Gasteiger partial charge in [0.2, 0.25) is 0 Å². The molecule has 0 aromatic heterocycles. The van der Waals surface area contributed by atoms with Gasteiger partial charge in [-0.15, -0.1) is 18.2 Å². The molecule has 0 nitrogen and oxygen atoms in total. The highest BCUT2D eigenvalue weighted by Gasteiger charge is 2.63. The maximum Gasteiger partial charge on any atom is 0.173 e. The van der Waals surface area contributed by atoms with Crippen LogP contribution in [-0.2, 0) is 0 Å². The van der Waals surface area contributed by atoms with Gasteiger partial charge in [0.25, 0.3) is 0 Å². The molecule has 2 heteroatoms. The van der Waals surface area contributed by atoms with Gasteiger partial charge in [0, 0.05) is 5.28 Å². The lowest BCUT2D eigenvalue weighted by molar-refractivity contribution is -0.107. The van der Waals surface area contributed by atoms with Crippen LogP contribution in [0.25, 0.3) is 0 Å². The van der Waals surface area contributed by atoms with E-state index in [2.05, 4.69) is 54.2 Å². The Morgan fingerprint density at radius 1 is 0.880 bits per heavy atom. The number of rotatable bonds is 4. The SMILES string of the molecule is C=CC(Cl)B([C@@H]1C[C@@H]2C[C@H]([C@H]1C)C2(C)C)[C@@H]1C[C@@H]2C[C@H]([C@H]1C)C2(C)C. The molecular weight excluding hydrogens is 323 g/mol. The maximum absolute atomic E-state index is 6.98. The summed E-state index contributed by atoms with van der Waals surface area (Å²) in [6.07, 6.45) is 7.82. The molecule has 1 unspecified atom stereocenters. The summed E-state index contributed by atoms with van der Waals surface area (Å²) < 4.78 is 0. The number of hydrogen-bond acceptors (Lipinski definition) is 0. The van der Waals surface area contributed by atoms with Crippen LogP contribution in [0.1, 0.15) is 67.2 Å². The standard InChI is InChI=1S/C23H38BCl/c1-8-21(25)24(19-11-15-9-17(13(19)2)22(15,4)5)20-12-16-10-18(14(20)3)23(16,6)7/h8,13-21H,1,9-12H2,2-7H3/t13-,14-,15+,16+,17-,18-,19-,20-,21?/m1/s1. The molecule has 140 valence electrons. The minimum Gasteiger partial charge on any atom is -0.128 e. The minimum atomic E-state index is 0.154. The summed E-state index contributed by atoms with van der Waals surface area (Å²) in [4.78, 5) is 0. The first-order valence-electron chi connectivity index (χ1n) is 10.9. The van der Waals surface area contributed by atoms with Crippen molar-refractivity contribution in [3.63, 3.8) is 0 Å². The normalized spacial score (nSPS) is 50.2. The summed E-state index contributed by atoms with van der Waals surface area (Å²) in [5.41, 5.74) is 1.14. The predicted octanol–water partition coefficient (Wildman–Crippen LogP) is 6.96. The van der Waals surface area contributed by atoms with E-state index in [1.807, 2.05) is 0 Å². The van der Waals surface area contributed by atoms with E-state index in [-0.39, 0.29) is 5.28 Å². The van der Waals surface area contributed by atoms with Crippen molar-refractivity contribution in [1.29, 1.82) is 0 Å². The Kier molecular flexibility index (Phi) is 4.28. The molecule has 25 heavy (non-hydrogen) atoms. The molecule has 4 bridgehead atoms. The molecule has 6 fully saturated rings. The van der Waals surface area contributed by atoms with Gasteiger partial charge in [0.1, 0.15) is 0 Å². The van der Waals surface area contributed by atoms with Gasteiger partial charge in [-0.25, -0.2) is 0 Å². The van der Waals surface area contributed by atoms with Gasteiger partial charge < -0.3 is 0 Å². The fourth-order valence-electron chi connectivity index (χ4n) is 8.34. The van der Waals surface area contributed by atoms with Crippen molar-refractivity contribution >= 4 is 18.3 Å². The first kappa shape index (κ1) is 18.5. The molecule has 0 heterocycles. The largest absolute Gasteiger partial charge is 0.173 e. The second kappa shape index (κ2) is 5.79. The van der Waals surface area contributed by atoms with Crippen LogP contribution in [0, 0.1) is 46.3 Å². The molecule has 0 N–H and O–H groups in total. The molecule has 0 spiro atoms. The zero-order chi connectivity index (χ0) is 18.3. The Bertz CT molecular complexity index is 510. The molecule has 0 aromatic rings. The third-order valence-corrected chi connectivity index (χ3v) is 10.9. The van der Waals surface area contributed by atoms with Crippen molar-refractivity contribution in [2.24, 2.45) is 46.3 Å². The number of hydrogen-bond donors (Lipinski definition) is 0. The summed E-state index contributed by atoms with van der Waals surface area (Å²) >= 11 is 6.98. The quantitative estimate of drug-likeness (QED) is 0.289. The van der Waals surface area contributed by atoms with Crippen molar-refractivity contribution in [2.45, 2.75) is 84.1 Å². The fourth-order valence-corrected chi connectivity index (χ4v) is 8.72. The summed E-state index contributed by atoms with van der Waals surface area (Å²) in [5.74, 6) is 6.96. The van der Waals surface area contributed by atoms with E-state index in [0.717, 1.165) is 47.1 Å². The average molecular weight is 361 g/mol. The molecule has 0 saturated heterocycles. The first-order chi connectivity index (χ1) is 11.6. The van der Waals surface area contributed by atoms with Gasteiger partial charge in [0.15, 0.2) is 6.71 Å². The minimum absolute atomic E-state index is 0.154. The van der Waals surface area contributed by atoms with Crippen LogP contribution in [0.2, 0.25) is 11.6 Å². The molecule has 0 aliphatic heterocycles. The van der Waals surface area contributed by atoms with E-state index in [1.165, 1.54) is 25.7 Å². The number of fused-ring (bicyclic) bond motifs is 4. The Hall–Kier alpha value is 0.0949. The molecule has 0 radical (unpaired) electrons. The highest BCUT2D eigenvalue weighted by Crippen LogP contribution is 2.69. The monoisotopic (exact) mass is 360 g/mol. The Labute approximate surface area is 161 Å². The van der Waals surface area contributed by atoms with E-state index in [9.17, 15) is 0 Å². The lowest BCUT2D eigenvalue weighted by Gasteiger charge is -2.66. The molecule has 0 aromatic carbocycles. The summed E-state index contributed by atoms with van der Waals surface area (Å²) in [7, 11) is 0. The summed E-state index contributed by atoms with van der Waals surface area (Å²) in [6.45, 7) is 19.9. The predicted molar refractivity (Wildman–Crippen MR) is 111 cm³/mol. The zero-order valence-corrected chi connectivity index (χ0v) is 18.0. The molecular formula is C23H38BCl. The molecule has 6 rings (SSSR count). The van der Waals surface area contributed by atoms with Gasteiger partial charge in [0.05, 0.1) is 0 Å². The maximum atomic E-state index is 6.98. The smallest absolute Gasteiger partial charge is 0.128 e. The lowest BCUT2D eigenvalue weighted by Crippen LogP contribution is -2.61. The van der Waals surface area contributed by atoms with Crippen LogP contribution in [0.3, 0.4) is 0 Å². The van der Waals surface area contributed by atoms with E-state index >= 15 is 0 Å². The lowest BCUT2D eigenvalue weighted by atomic mass is 9.20. The van der Waals surface area contributed by atoms with Crippen molar-refractivity contribution in [3.05, 3.63) is 12.7 Å². The topological polar surface area (TPSA) is 0 Å². The highest BCUT2D eigenvalue weighted by molar-refractivity contribution is 6.73. The van der Waals surface area contributed by atoms with E-state index < -0.39 is 0 Å². The average Bonchev–Trinajstić information content (AvgIpc) is 2.56. The van der Waals surface area contributed by atoms with Gasteiger partial charge in [-0.3, -0.25) is 0 Å².